The maximum Gasteiger partial charge on any atom is 0.0181 e. The summed E-state index contributed by atoms with van der Waals surface area (Å²) in [6.07, 6.45) is 3.80. The third-order valence-corrected chi connectivity index (χ3v) is 4.61. The second kappa shape index (κ2) is 4.11. The van der Waals surface area contributed by atoms with Crippen molar-refractivity contribution in [1.29, 1.82) is 0 Å². The molecule has 0 bridgehead atoms. The van der Waals surface area contributed by atoms with Gasteiger partial charge in [0.2, 0.25) is 0 Å². The van der Waals surface area contributed by atoms with Crippen molar-refractivity contribution < 1.29 is 0 Å². The van der Waals surface area contributed by atoms with Gasteiger partial charge in [0.05, 0.1) is 0 Å². The van der Waals surface area contributed by atoms with Crippen LogP contribution in [0.5, 0.6) is 0 Å². The van der Waals surface area contributed by atoms with Gasteiger partial charge in [-0.1, -0.05) is 46.6 Å². The molecule has 0 aromatic heterocycles. The van der Waals surface area contributed by atoms with Gasteiger partial charge in [0.25, 0.3) is 0 Å². The zero-order valence-corrected chi connectivity index (χ0v) is 11.3. The molecule has 1 saturated carbocycles. The number of hydrogen-bond donors (Lipinski definition) is 1. The first-order valence-corrected chi connectivity index (χ1v) is 6.93. The lowest BCUT2D eigenvalue weighted by atomic mass is 9.64. The van der Waals surface area contributed by atoms with Crippen molar-refractivity contribution in [3.8, 4) is 0 Å². The Morgan fingerprint density at radius 1 is 1.06 bits per heavy atom. The molecule has 0 radical (unpaired) electrons. The Bertz CT molecular complexity index is 552. The van der Waals surface area contributed by atoms with E-state index in [1.165, 1.54) is 35.6 Å². The lowest BCUT2D eigenvalue weighted by Crippen LogP contribution is -2.41. The summed E-state index contributed by atoms with van der Waals surface area (Å²) in [5, 5.41) is 2.60. The molecule has 3 rings (SSSR count). The van der Waals surface area contributed by atoms with Crippen LogP contribution in [0.4, 0.5) is 0 Å². The lowest BCUT2D eigenvalue weighted by molar-refractivity contribution is 0.253. The highest BCUT2D eigenvalue weighted by Gasteiger charge is 2.37. The fourth-order valence-electron chi connectivity index (χ4n) is 2.76. The number of halogens is 1. The molecule has 0 amide bonds. The Morgan fingerprint density at radius 2 is 1.76 bits per heavy atom. The minimum Gasteiger partial charge on any atom is -0.330 e. The SMILES string of the molecule is NCC1(c2ccc3cc(Br)ccc3c2)CCC1. The topological polar surface area (TPSA) is 26.0 Å². The van der Waals surface area contributed by atoms with Gasteiger partial charge in [-0.15, -0.1) is 0 Å². The second-order valence-corrected chi connectivity index (χ2v) is 5.96. The van der Waals surface area contributed by atoms with Crippen molar-refractivity contribution in [3.63, 3.8) is 0 Å². The van der Waals surface area contributed by atoms with E-state index in [9.17, 15) is 0 Å². The molecule has 2 aromatic rings. The van der Waals surface area contributed by atoms with Crippen LogP contribution in [0.3, 0.4) is 0 Å². The minimum absolute atomic E-state index is 0.265. The van der Waals surface area contributed by atoms with Gasteiger partial charge in [0.1, 0.15) is 0 Å². The zero-order valence-electron chi connectivity index (χ0n) is 9.75. The predicted molar refractivity (Wildman–Crippen MR) is 76.2 cm³/mol. The Morgan fingerprint density at radius 3 is 2.41 bits per heavy atom. The van der Waals surface area contributed by atoms with Gasteiger partial charge in [0, 0.05) is 16.4 Å². The van der Waals surface area contributed by atoms with Crippen molar-refractivity contribution in [2.24, 2.45) is 5.73 Å². The van der Waals surface area contributed by atoms with Gasteiger partial charge in [-0.3, -0.25) is 0 Å². The normalized spacial score (nSPS) is 18.0. The van der Waals surface area contributed by atoms with Crippen molar-refractivity contribution in [2.45, 2.75) is 24.7 Å². The van der Waals surface area contributed by atoms with Crippen LogP contribution < -0.4 is 5.73 Å². The summed E-state index contributed by atoms with van der Waals surface area (Å²) < 4.78 is 1.13. The molecule has 1 aliphatic rings. The number of rotatable bonds is 2. The second-order valence-electron chi connectivity index (χ2n) is 5.04. The van der Waals surface area contributed by atoms with Crippen molar-refractivity contribution in [3.05, 3.63) is 46.4 Å². The molecular weight excluding hydrogens is 274 g/mol. The van der Waals surface area contributed by atoms with Gasteiger partial charge in [-0.2, -0.15) is 0 Å². The molecule has 88 valence electrons. The summed E-state index contributed by atoms with van der Waals surface area (Å²) in [5.74, 6) is 0. The Labute approximate surface area is 110 Å². The monoisotopic (exact) mass is 289 g/mol. The summed E-state index contributed by atoms with van der Waals surface area (Å²) in [6.45, 7) is 0.773. The van der Waals surface area contributed by atoms with Crippen molar-refractivity contribution >= 4 is 26.7 Å². The van der Waals surface area contributed by atoms with Crippen LogP contribution in [0.25, 0.3) is 10.8 Å². The zero-order chi connectivity index (χ0) is 11.9. The fraction of sp³-hybridized carbons (Fsp3) is 0.333. The quantitative estimate of drug-likeness (QED) is 0.889. The highest BCUT2D eigenvalue weighted by atomic mass is 79.9. The Kier molecular flexibility index (Phi) is 2.72. The van der Waals surface area contributed by atoms with E-state index in [4.69, 9.17) is 5.73 Å². The van der Waals surface area contributed by atoms with Crippen LogP contribution in [0, 0.1) is 0 Å². The van der Waals surface area contributed by atoms with Gasteiger partial charge in [-0.05, 0) is 41.3 Å². The van der Waals surface area contributed by atoms with Gasteiger partial charge in [-0.25, -0.2) is 0 Å². The van der Waals surface area contributed by atoms with Crippen molar-refractivity contribution in [1.82, 2.24) is 0 Å². The molecule has 2 aromatic carbocycles. The highest BCUT2D eigenvalue weighted by molar-refractivity contribution is 9.10. The molecular formula is C15H16BrN. The molecule has 1 fully saturated rings. The molecule has 1 aliphatic carbocycles. The number of fused-ring (bicyclic) bond motifs is 1. The summed E-state index contributed by atoms with van der Waals surface area (Å²) in [4.78, 5) is 0. The van der Waals surface area contributed by atoms with Crippen molar-refractivity contribution in [2.75, 3.05) is 6.54 Å². The number of benzene rings is 2. The summed E-state index contributed by atoms with van der Waals surface area (Å²) in [7, 11) is 0. The van der Waals surface area contributed by atoms with E-state index in [0.717, 1.165) is 11.0 Å². The Hall–Kier alpha value is -0.860. The molecule has 2 heteroatoms. The van der Waals surface area contributed by atoms with E-state index in [1.54, 1.807) is 0 Å². The molecule has 2 N–H and O–H groups in total. The molecule has 1 nitrogen and oxygen atoms in total. The minimum atomic E-state index is 0.265. The van der Waals surface area contributed by atoms with Crippen LogP contribution in [0.15, 0.2) is 40.9 Å². The van der Waals surface area contributed by atoms with E-state index in [1.807, 2.05) is 0 Å². The Balaban J connectivity index is 2.10. The number of hydrogen-bond acceptors (Lipinski definition) is 1. The van der Waals surface area contributed by atoms with Gasteiger partial charge >= 0.3 is 0 Å². The summed E-state index contributed by atoms with van der Waals surface area (Å²) >= 11 is 3.51. The lowest BCUT2D eigenvalue weighted by Gasteiger charge is -2.41. The maximum absolute atomic E-state index is 5.96. The van der Waals surface area contributed by atoms with E-state index < -0.39 is 0 Å². The van der Waals surface area contributed by atoms with Crippen LogP contribution in [0.2, 0.25) is 0 Å². The summed E-state index contributed by atoms with van der Waals surface area (Å²) in [6, 6.07) is 13.2. The first-order chi connectivity index (χ1) is 8.23. The van der Waals surface area contributed by atoms with Gasteiger partial charge < -0.3 is 5.73 Å². The van der Waals surface area contributed by atoms with Crippen LogP contribution in [-0.4, -0.2) is 6.54 Å². The summed E-state index contributed by atoms with van der Waals surface area (Å²) in [5.41, 5.74) is 7.64. The predicted octanol–water partition coefficient (Wildman–Crippen LogP) is 3.98. The molecule has 0 aliphatic heterocycles. The van der Waals surface area contributed by atoms with E-state index in [-0.39, 0.29) is 5.41 Å². The van der Waals surface area contributed by atoms with Crippen LogP contribution >= 0.6 is 15.9 Å². The highest BCUT2D eigenvalue weighted by Crippen LogP contribution is 2.43. The van der Waals surface area contributed by atoms with E-state index in [0.29, 0.717) is 0 Å². The standard InChI is InChI=1S/C15H16BrN/c16-14-5-3-11-8-13(4-2-12(11)9-14)15(10-17)6-1-7-15/h2-5,8-9H,1,6-7,10,17H2. The van der Waals surface area contributed by atoms with Crippen LogP contribution in [-0.2, 0) is 5.41 Å². The van der Waals surface area contributed by atoms with Gasteiger partial charge in [0.15, 0.2) is 0 Å². The molecule has 17 heavy (non-hydrogen) atoms. The van der Waals surface area contributed by atoms with Crippen LogP contribution in [0.1, 0.15) is 24.8 Å². The average Bonchev–Trinajstić information content (AvgIpc) is 2.28. The first kappa shape index (κ1) is 11.2. The average molecular weight is 290 g/mol. The maximum atomic E-state index is 5.96. The fourth-order valence-corrected chi connectivity index (χ4v) is 3.14. The first-order valence-electron chi connectivity index (χ1n) is 6.13. The molecule has 0 saturated heterocycles. The molecule has 0 atom stereocenters. The largest absolute Gasteiger partial charge is 0.330 e. The third-order valence-electron chi connectivity index (χ3n) is 4.12. The molecule has 0 unspecified atom stereocenters. The molecule has 0 spiro atoms. The van der Waals surface area contributed by atoms with E-state index >= 15 is 0 Å². The van der Waals surface area contributed by atoms with E-state index in [2.05, 4.69) is 52.3 Å². The smallest absolute Gasteiger partial charge is 0.0181 e. The molecule has 0 heterocycles. The third kappa shape index (κ3) is 1.80. The number of nitrogens with two attached hydrogens (primary N) is 1.